The van der Waals surface area contributed by atoms with Gasteiger partial charge in [-0.1, -0.05) is 31.0 Å². The Morgan fingerprint density at radius 1 is 1.50 bits per heavy atom. The van der Waals surface area contributed by atoms with Gasteiger partial charge in [0, 0.05) is 18.8 Å². The van der Waals surface area contributed by atoms with Crippen LogP contribution in [-0.2, 0) is 6.54 Å². The maximum absolute atomic E-state index is 10.1. The SMILES string of the molecule is CC[C@H](O)[C@H]1CCCCN1Cc1ccc(Cl)nc1. The Balaban J connectivity index is 2.03. The molecule has 100 valence electrons. The fraction of sp³-hybridized carbons (Fsp3) is 0.643. The monoisotopic (exact) mass is 268 g/mol. The van der Waals surface area contributed by atoms with Crippen molar-refractivity contribution >= 4 is 11.6 Å². The molecule has 1 saturated heterocycles. The predicted molar refractivity (Wildman–Crippen MR) is 73.6 cm³/mol. The summed E-state index contributed by atoms with van der Waals surface area (Å²) in [6.45, 7) is 3.96. The summed E-state index contributed by atoms with van der Waals surface area (Å²) in [4.78, 5) is 6.49. The maximum atomic E-state index is 10.1. The molecule has 0 spiro atoms. The van der Waals surface area contributed by atoms with Crippen molar-refractivity contribution in [3.05, 3.63) is 29.0 Å². The Kier molecular flexibility index (Phi) is 4.98. The molecule has 1 fully saturated rings. The smallest absolute Gasteiger partial charge is 0.129 e. The molecule has 0 radical (unpaired) electrons. The Bertz CT molecular complexity index is 369. The lowest BCUT2D eigenvalue weighted by Gasteiger charge is -2.38. The molecular weight excluding hydrogens is 248 g/mol. The van der Waals surface area contributed by atoms with E-state index >= 15 is 0 Å². The van der Waals surface area contributed by atoms with Crippen LogP contribution in [0.1, 0.15) is 38.2 Å². The summed E-state index contributed by atoms with van der Waals surface area (Å²) in [5, 5.41) is 10.6. The van der Waals surface area contributed by atoms with Gasteiger partial charge < -0.3 is 5.11 Å². The summed E-state index contributed by atoms with van der Waals surface area (Å²) >= 11 is 5.79. The highest BCUT2D eigenvalue weighted by atomic mass is 35.5. The number of pyridine rings is 1. The van der Waals surface area contributed by atoms with Gasteiger partial charge in [0.25, 0.3) is 0 Å². The summed E-state index contributed by atoms with van der Waals surface area (Å²) in [5.41, 5.74) is 1.16. The van der Waals surface area contributed by atoms with Crippen LogP contribution in [0.5, 0.6) is 0 Å². The molecule has 0 bridgehead atoms. The first-order chi connectivity index (χ1) is 8.70. The van der Waals surface area contributed by atoms with Gasteiger partial charge in [-0.3, -0.25) is 4.90 Å². The number of nitrogens with zero attached hydrogens (tertiary/aromatic N) is 2. The molecule has 1 aliphatic heterocycles. The van der Waals surface area contributed by atoms with Crippen molar-refractivity contribution in [2.45, 2.75) is 51.3 Å². The third kappa shape index (κ3) is 3.44. The number of aliphatic hydroxyl groups excluding tert-OH is 1. The molecule has 0 aliphatic carbocycles. The topological polar surface area (TPSA) is 36.4 Å². The Hall–Kier alpha value is -0.640. The zero-order valence-corrected chi connectivity index (χ0v) is 11.6. The van der Waals surface area contributed by atoms with E-state index in [1.807, 2.05) is 25.3 Å². The normalized spacial score (nSPS) is 22.9. The molecule has 0 aromatic carbocycles. The maximum Gasteiger partial charge on any atom is 0.129 e. The summed E-state index contributed by atoms with van der Waals surface area (Å²) in [6.07, 6.45) is 5.96. The van der Waals surface area contributed by atoms with Gasteiger partial charge in [0.15, 0.2) is 0 Å². The van der Waals surface area contributed by atoms with Crippen molar-refractivity contribution in [2.75, 3.05) is 6.54 Å². The van der Waals surface area contributed by atoms with Crippen LogP contribution in [0.2, 0.25) is 5.15 Å². The van der Waals surface area contributed by atoms with E-state index < -0.39 is 0 Å². The Morgan fingerprint density at radius 3 is 3.00 bits per heavy atom. The highest BCUT2D eigenvalue weighted by Gasteiger charge is 2.27. The van der Waals surface area contributed by atoms with Crippen LogP contribution in [0, 0.1) is 0 Å². The van der Waals surface area contributed by atoms with Crippen molar-refractivity contribution in [1.29, 1.82) is 0 Å². The van der Waals surface area contributed by atoms with Crippen molar-refractivity contribution in [1.82, 2.24) is 9.88 Å². The lowest BCUT2D eigenvalue weighted by molar-refractivity contribution is 0.0195. The molecule has 2 rings (SSSR count). The summed E-state index contributed by atoms with van der Waals surface area (Å²) in [6, 6.07) is 4.13. The Labute approximate surface area is 114 Å². The van der Waals surface area contributed by atoms with Crippen LogP contribution in [0.4, 0.5) is 0 Å². The molecule has 1 aromatic heterocycles. The number of hydrogen-bond acceptors (Lipinski definition) is 3. The zero-order chi connectivity index (χ0) is 13.0. The van der Waals surface area contributed by atoms with Crippen LogP contribution in [0.15, 0.2) is 18.3 Å². The van der Waals surface area contributed by atoms with E-state index in [1.165, 1.54) is 12.8 Å². The standard InChI is InChI=1S/C14H21ClN2O/c1-2-13(18)12-5-3-4-8-17(12)10-11-6-7-14(15)16-9-11/h6-7,9,12-13,18H,2-5,8,10H2,1H3/t12-,13+/m1/s1. The fourth-order valence-corrected chi connectivity index (χ4v) is 2.77. The van der Waals surface area contributed by atoms with Gasteiger partial charge in [0.2, 0.25) is 0 Å². The molecule has 2 atom stereocenters. The third-order valence-corrected chi connectivity index (χ3v) is 3.92. The van der Waals surface area contributed by atoms with Gasteiger partial charge in [-0.05, 0) is 37.4 Å². The van der Waals surface area contributed by atoms with Gasteiger partial charge in [0.05, 0.1) is 6.10 Å². The van der Waals surface area contributed by atoms with E-state index in [2.05, 4.69) is 9.88 Å². The molecule has 0 unspecified atom stereocenters. The lowest BCUT2D eigenvalue weighted by atomic mass is 9.95. The van der Waals surface area contributed by atoms with Crippen LogP contribution in [0.3, 0.4) is 0 Å². The van der Waals surface area contributed by atoms with Crippen molar-refractivity contribution in [2.24, 2.45) is 0 Å². The van der Waals surface area contributed by atoms with Crippen molar-refractivity contribution < 1.29 is 5.11 Å². The minimum absolute atomic E-state index is 0.217. The van der Waals surface area contributed by atoms with Crippen molar-refractivity contribution in [3.63, 3.8) is 0 Å². The number of piperidine rings is 1. The minimum Gasteiger partial charge on any atom is -0.392 e. The molecule has 1 aromatic rings. The van der Waals surface area contributed by atoms with E-state index in [0.717, 1.165) is 31.5 Å². The first kappa shape index (κ1) is 13.8. The van der Waals surface area contributed by atoms with Crippen LogP contribution >= 0.6 is 11.6 Å². The first-order valence-corrected chi connectivity index (χ1v) is 7.11. The highest BCUT2D eigenvalue weighted by Crippen LogP contribution is 2.23. The largest absolute Gasteiger partial charge is 0.392 e. The molecule has 0 amide bonds. The van der Waals surface area contributed by atoms with Crippen LogP contribution < -0.4 is 0 Å². The molecule has 18 heavy (non-hydrogen) atoms. The first-order valence-electron chi connectivity index (χ1n) is 6.73. The number of rotatable bonds is 4. The fourth-order valence-electron chi connectivity index (χ4n) is 2.66. The van der Waals surface area contributed by atoms with Crippen LogP contribution in [0.25, 0.3) is 0 Å². The van der Waals surface area contributed by atoms with Gasteiger partial charge >= 0.3 is 0 Å². The second kappa shape index (κ2) is 6.50. The molecular formula is C14H21ClN2O. The van der Waals surface area contributed by atoms with Gasteiger partial charge in [-0.2, -0.15) is 0 Å². The number of likely N-dealkylation sites (tertiary alicyclic amines) is 1. The van der Waals surface area contributed by atoms with E-state index in [-0.39, 0.29) is 6.10 Å². The number of aromatic nitrogens is 1. The van der Waals surface area contributed by atoms with E-state index in [4.69, 9.17) is 11.6 Å². The summed E-state index contributed by atoms with van der Waals surface area (Å²) in [7, 11) is 0. The van der Waals surface area contributed by atoms with Gasteiger partial charge in [-0.15, -0.1) is 0 Å². The zero-order valence-electron chi connectivity index (χ0n) is 10.8. The number of hydrogen-bond donors (Lipinski definition) is 1. The van der Waals surface area contributed by atoms with E-state index in [9.17, 15) is 5.11 Å². The summed E-state index contributed by atoms with van der Waals surface area (Å²) < 4.78 is 0. The Morgan fingerprint density at radius 2 is 2.33 bits per heavy atom. The number of halogens is 1. The van der Waals surface area contributed by atoms with E-state index in [0.29, 0.717) is 11.2 Å². The quantitative estimate of drug-likeness (QED) is 0.853. The van der Waals surface area contributed by atoms with Gasteiger partial charge in [0.1, 0.15) is 5.15 Å². The second-order valence-electron chi connectivity index (χ2n) is 5.00. The van der Waals surface area contributed by atoms with Gasteiger partial charge in [-0.25, -0.2) is 4.98 Å². The second-order valence-corrected chi connectivity index (χ2v) is 5.39. The molecule has 3 nitrogen and oxygen atoms in total. The average molecular weight is 269 g/mol. The molecule has 1 aliphatic rings. The lowest BCUT2D eigenvalue weighted by Crippen LogP contribution is -2.46. The molecule has 0 saturated carbocycles. The molecule has 4 heteroatoms. The third-order valence-electron chi connectivity index (χ3n) is 3.70. The predicted octanol–water partition coefficient (Wildman–Crippen LogP) is 2.86. The van der Waals surface area contributed by atoms with E-state index in [1.54, 1.807) is 0 Å². The van der Waals surface area contributed by atoms with Crippen LogP contribution in [-0.4, -0.2) is 33.7 Å². The average Bonchev–Trinajstić information content (AvgIpc) is 2.41. The summed E-state index contributed by atoms with van der Waals surface area (Å²) in [5.74, 6) is 0. The molecule has 2 heterocycles. The highest BCUT2D eigenvalue weighted by molar-refractivity contribution is 6.29. The minimum atomic E-state index is -0.217. The number of aliphatic hydroxyl groups is 1. The van der Waals surface area contributed by atoms with Crippen molar-refractivity contribution in [3.8, 4) is 0 Å². The molecule has 1 N–H and O–H groups in total.